The van der Waals surface area contributed by atoms with Gasteiger partial charge < -0.3 is 9.80 Å². The van der Waals surface area contributed by atoms with Crippen molar-refractivity contribution in [2.24, 2.45) is 11.8 Å². The predicted octanol–water partition coefficient (Wildman–Crippen LogP) is 10.7. The first-order chi connectivity index (χ1) is 25.2. The van der Waals surface area contributed by atoms with Gasteiger partial charge in [0.05, 0.1) is 0 Å². The number of rotatable bonds is 2. The van der Waals surface area contributed by atoms with Gasteiger partial charge in [-0.3, -0.25) is 0 Å². The Balaban J connectivity index is 1.27. The Labute approximate surface area is 305 Å². The summed E-state index contributed by atoms with van der Waals surface area (Å²) in [5, 5.41) is 0. The van der Waals surface area contributed by atoms with Gasteiger partial charge in [-0.05, 0) is 201 Å². The summed E-state index contributed by atoms with van der Waals surface area (Å²) in [6.07, 6.45) is 23.1. The van der Waals surface area contributed by atoms with Crippen LogP contribution in [0.4, 0.5) is 28.4 Å². The third-order valence-corrected chi connectivity index (χ3v) is 14.2. The topological polar surface area (TPSA) is 6.48 Å². The zero-order valence-corrected chi connectivity index (χ0v) is 30.8. The molecule has 0 N–H and O–H groups in total. The fraction of sp³-hybridized carbons (Fsp3) is 0.417. The van der Waals surface area contributed by atoms with Crippen molar-refractivity contribution in [2.75, 3.05) is 9.80 Å². The maximum absolute atomic E-state index is 2.81. The monoisotopic (exact) mass is 666 g/mol. The molecule has 1 saturated carbocycles. The van der Waals surface area contributed by atoms with Crippen LogP contribution in [-0.4, -0.2) is 6.71 Å². The Kier molecular flexibility index (Phi) is 7.07. The molecule has 0 bridgehead atoms. The molecule has 1 fully saturated rings. The number of fused-ring (bicyclic) bond motifs is 9. The fourth-order valence-electron chi connectivity index (χ4n) is 12.0. The Bertz CT molecular complexity index is 2190. The highest BCUT2D eigenvalue weighted by molar-refractivity contribution is 6.96. The lowest BCUT2D eigenvalue weighted by molar-refractivity contribution is 0.374. The van der Waals surface area contributed by atoms with E-state index < -0.39 is 0 Å². The van der Waals surface area contributed by atoms with Crippen molar-refractivity contribution in [3.63, 3.8) is 0 Å². The maximum Gasteiger partial charge on any atom is 0.252 e. The first kappa shape index (κ1) is 30.6. The van der Waals surface area contributed by atoms with Gasteiger partial charge in [0.1, 0.15) is 0 Å². The van der Waals surface area contributed by atoms with Crippen molar-refractivity contribution >= 4 is 46.1 Å². The summed E-state index contributed by atoms with van der Waals surface area (Å²) in [5.74, 6) is 1.23. The summed E-state index contributed by atoms with van der Waals surface area (Å²) < 4.78 is 0. The average Bonchev–Trinajstić information content (AvgIpc) is 3.17. The van der Waals surface area contributed by atoms with E-state index in [0.717, 1.165) is 0 Å². The van der Waals surface area contributed by atoms with Crippen molar-refractivity contribution in [3.05, 3.63) is 122 Å². The van der Waals surface area contributed by atoms with Gasteiger partial charge in [0.25, 0.3) is 6.71 Å². The van der Waals surface area contributed by atoms with Gasteiger partial charge in [-0.1, -0.05) is 55.3 Å². The molecule has 0 saturated heterocycles. The van der Waals surface area contributed by atoms with E-state index in [1.807, 2.05) is 0 Å². The van der Waals surface area contributed by atoms with Crippen LogP contribution in [0.25, 0.3) is 0 Å². The number of benzene rings is 4. The molecular formula is C48H51BN2. The van der Waals surface area contributed by atoms with Gasteiger partial charge in [0, 0.05) is 34.1 Å². The van der Waals surface area contributed by atoms with E-state index in [-0.39, 0.29) is 0 Å². The molecule has 3 heteroatoms. The highest BCUT2D eigenvalue weighted by Gasteiger charge is 2.50. The molecule has 11 rings (SSSR count). The Morgan fingerprint density at radius 2 is 1.14 bits per heavy atom. The summed E-state index contributed by atoms with van der Waals surface area (Å²) in [4.78, 5) is 5.59. The van der Waals surface area contributed by atoms with Gasteiger partial charge in [0.15, 0.2) is 0 Å². The quantitative estimate of drug-likeness (QED) is 0.197. The number of anilines is 5. The molecule has 2 heterocycles. The van der Waals surface area contributed by atoms with Gasteiger partial charge in [-0.25, -0.2) is 0 Å². The zero-order valence-electron chi connectivity index (χ0n) is 30.8. The Morgan fingerprint density at radius 1 is 0.549 bits per heavy atom. The van der Waals surface area contributed by atoms with Crippen LogP contribution in [0, 0.1) is 18.8 Å². The van der Waals surface area contributed by atoms with Crippen LogP contribution in [-0.2, 0) is 38.5 Å². The number of hydrogen-bond donors (Lipinski definition) is 0. The van der Waals surface area contributed by atoms with E-state index >= 15 is 0 Å². The molecule has 0 radical (unpaired) electrons. The van der Waals surface area contributed by atoms with Gasteiger partial charge in [-0.15, -0.1) is 0 Å². The second-order valence-corrected chi connectivity index (χ2v) is 17.1. The highest BCUT2D eigenvalue weighted by atomic mass is 15.2. The molecule has 0 spiro atoms. The predicted molar refractivity (Wildman–Crippen MR) is 216 cm³/mol. The summed E-state index contributed by atoms with van der Waals surface area (Å²) in [6, 6.07) is 24.7. The van der Waals surface area contributed by atoms with Crippen LogP contribution in [0.2, 0.25) is 0 Å². The molecule has 2 nitrogen and oxygen atoms in total. The van der Waals surface area contributed by atoms with Crippen molar-refractivity contribution in [1.29, 1.82) is 0 Å². The van der Waals surface area contributed by atoms with E-state index in [1.165, 1.54) is 142 Å². The minimum atomic E-state index is 0.291. The van der Waals surface area contributed by atoms with Crippen LogP contribution < -0.4 is 20.7 Å². The summed E-state index contributed by atoms with van der Waals surface area (Å²) in [5.41, 5.74) is 26.5. The molecule has 0 amide bonds. The SMILES string of the molecule is Cc1cc2c3c(c1)N(c1cccc4c1CCCC4)c1ccc4c(c1B3C1=C3CCCCC3C(C)C=C1N2c1cccc2c1CCCC2)CCCC4. The molecule has 51 heavy (non-hydrogen) atoms. The van der Waals surface area contributed by atoms with E-state index in [9.17, 15) is 0 Å². The number of allylic oxidation sites excluding steroid dienone is 3. The summed E-state index contributed by atoms with van der Waals surface area (Å²) in [7, 11) is 0. The molecule has 2 aliphatic heterocycles. The van der Waals surface area contributed by atoms with E-state index in [2.05, 4.69) is 90.4 Å². The normalized spacial score (nSPS) is 22.9. The Morgan fingerprint density at radius 3 is 1.84 bits per heavy atom. The number of nitrogens with zero attached hydrogens (tertiary/aromatic N) is 2. The molecule has 7 aliphatic rings. The van der Waals surface area contributed by atoms with E-state index in [4.69, 9.17) is 0 Å². The number of hydrogen-bond acceptors (Lipinski definition) is 2. The molecule has 5 aliphatic carbocycles. The van der Waals surface area contributed by atoms with Crippen LogP contribution >= 0.6 is 0 Å². The lowest BCUT2D eigenvalue weighted by Gasteiger charge is -2.51. The second kappa shape index (κ2) is 11.8. The van der Waals surface area contributed by atoms with E-state index in [0.29, 0.717) is 18.5 Å². The zero-order chi connectivity index (χ0) is 33.8. The molecule has 0 aromatic heterocycles. The summed E-state index contributed by atoms with van der Waals surface area (Å²) >= 11 is 0. The standard InChI is InChI=1S/C48H51BN2/c1-30-27-43-48-44(28-30)51(41-24-12-17-33-14-4-7-20-37(33)41)45-29-31(2)35-18-9-10-22-39(35)47(45)49(48)46-38-21-8-5-15-34(38)25-26-42(46)50(43)40-23-11-16-32-13-3-6-19-36(32)40/h11-12,16-17,23-29,31,35H,3-10,13-15,18-22H2,1-2H3. The first-order valence-electron chi connectivity index (χ1n) is 20.7. The maximum atomic E-state index is 2.81. The second-order valence-electron chi connectivity index (χ2n) is 17.1. The molecule has 4 aromatic carbocycles. The molecule has 2 unspecified atom stereocenters. The Hall–Kier alpha value is -3.98. The molecule has 4 aromatic rings. The van der Waals surface area contributed by atoms with Crippen molar-refractivity contribution < 1.29 is 0 Å². The van der Waals surface area contributed by atoms with Crippen LogP contribution in [0.15, 0.2) is 83.5 Å². The van der Waals surface area contributed by atoms with E-state index in [1.54, 1.807) is 55.4 Å². The smallest absolute Gasteiger partial charge is 0.252 e. The van der Waals surface area contributed by atoms with Crippen molar-refractivity contribution in [2.45, 2.75) is 117 Å². The van der Waals surface area contributed by atoms with Gasteiger partial charge in [0.2, 0.25) is 0 Å². The lowest BCUT2D eigenvalue weighted by atomic mass is 9.30. The lowest BCUT2D eigenvalue weighted by Crippen LogP contribution is -2.59. The van der Waals surface area contributed by atoms with Gasteiger partial charge >= 0.3 is 0 Å². The van der Waals surface area contributed by atoms with Crippen molar-refractivity contribution in [3.8, 4) is 0 Å². The molecule has 256 valence electrons. The molecular weight excluding hydrogens is 615 g/mol. The van der Waals surface area contributed by atoms with Crippen molar-refractivity contribution in [1.82, 2.24) is 0 Å². The fourth-order valence-corrected chi connectivity index (χ4v) is 12.0. The van der Waals surface area contributed by atoms with Crippen LogP contribution in [0.3, 0.4) is 0 Å². The minimum absolute atomic E-state index is 0.291. The largest absolute Gasteiger partial charge is 0.311 e. The van der Waals surface area contributed by atoms with Crippen LogP contribution in [0.5, 0.6) is 0 Å². The summed E-state index contributed by atoms with van der Waals surface area (Å²) in [6.45, 7) is 5.18. The third-order valence-electron chi connectivity index (χ3n) is 14.2. The molecule has 2 atom stereocenters. The minimum Gasteiger partial charge on any atom is -0.311 e. The highest BCUT2D eigenvalue weighted by Crippen LogP contribution is 2.54. The van der Waals surface area contributed by atoms with Crippen LogP contribution in [0.1, 0.15) is 110 Å². The van der Waals surface area contributed by atoms with Gasteiger partial charge in [-0.2, -0.15) is 0 Å². The average molecular weight is 667 g/mol. The first-order valence-corrected chi connectivity index (χ1v) is 20.7. The number of aryl methyl sites for hydroxylation is 4. The third kappa shape index (κ3) is 4.49.